The molecule has 3 aromatic carbocycles. The Morgan fingerprint density at radius 1 is 1.07 bits per heavy atom. The smallest absolute Gasteiger partial charge is 0.244 e. The van der Waals surface area contributed by atoms with Gasteiger partial charge in [0.15, 0.2) is 0 Å². The Hall–Kier alpha value is -2.34. The highest BCUT2D eigenvalue weighted by Crippen LogP contribution is 2.24. The average molecular weight is 492 g/mol. The minimum absolute atomic E-state index is 0.218. The zero-order chi connectivity index (χ0) is 20.6. The van der Waals surface area contributed by atoms with Crippen LogP contribution >= 0.6 is 39.1 Å². The molecule has 29 heavy (non-hydrogen) atoms. The van der Waals surface area contributed by atoms with Crippen LogP contribution in [0.1, 0.15) is 16.7 Å². The van der Waals surface area contributed by atoms with E-state index >= 15 is 0 Å². The van der Waals surface area contributed by atoms with Crippen LogP contribution in [0.15, 0.2) is 76.3 Å². The SMILES string of the molecule is O=C(Cc1ccc(Br)cc1)N/N=C\c1cc(Cl)ccc1OCc1ccccc1Cl. The van der Waals surface area contributed by atoms with Gasteiger partial charge in [0.05, 0.1) is 12.6 Å². The van der Waals surface area contributed by atoms with Crippen LogP contribution in [0.5, 0.6) is 5.75 Å². The number of amides is 1. The Balaban J connectivity index is 1.63. The van der Waals surface area contributed by atoms with Crippen LogP contribution in [0.2, 0.25) is 10.0 Å². The maximum atomic E-state index is 12.1. The molecule has 0 aliphatic rings. The van der Waals surface area contributed by atoms with Gasteiger partial charge in [-0.3, -0.25) is 4.79 Å². The monoisotopic (exact) mass is 490 g/mol. The van der Waals surface area contributed by atoms with E-state index in [4.69, 9.17) is 27.9 Å². The van der Waals surface area contributed by atoms with Crippen molar-refractivity contribution in [2.75, 3.05) is 0 Å². The highest BCUT2D eigenvalue weighted by atomic mass is 79.9. The molecule has 0 atom stereocenters. The zero-order valence-electron chi connectivity index (χ0n) is 15.2. The summed E-state index contributed by atoms with van der Waals surface area (Å²) in [6.45, 7) is 0.304. The molecule has 0 spiro atoms. The van der Waals surface area contributed by atoms with Crippen molar-refractivity contribution < 1.29 is 9.53 Å². The number of carbonyl (C=O) groups is 1. The first-order chi connectivity index (χ1) is 14.0. The van der Waals surface area contributed by atoms with Crippen molar-refractivity contribution in [1.29, 1.82) is 0 Å². The molecular formula is C22H17BrCl2N2O2. The van der Waals surface area contributed by atoms with E-state index in [9.17, 15) is 4.79 Å². The number of rotatable bonds is 7. The summed E-state index contributed by atoms with van der Waals surface area (Å²) in [6.07, 6.45) is 1.74. The molecule has 4 nitrogen and oxygen atoms in total. The highest BCUT2D eigenvalue weighted by Gasteiger charge is 2.06. The third-order valence-corrected chi connectivity index (χ3v) is 5.12. The Bertz CT molecular complexity index is 1020. The van der Waals surface area contributed by atoms with Gasteiger partial charge in [-0.1, -0.05) is 69.5 Å². The summed E-state index contributed by atoms with van der Waals surface area (Å²) < 4.78 is 6.83. The van der Waals surface area contributed by atoms with Crippen molar-refractivity contribution in [2.45, 2.75) is 13.0 Å². The maximum Gasteiger partial charge on any atom is 0.244 e. The second kappa shape index (κ2) is 10.4. The van der Waals surface area contributed by atoms with Crippen molar-refractivity contribution in [3.05, 3.63) is 97.9 Å². The summed E-state index contributed by atoms with van der Waals surface area (Å²) >= 11 is 15.6. The minimum atomic E-state index is -0.218. The molecule has 0 aromatic heterocycles. The molecule has 0 saturated heterocycles. The summed E-state index contributed by atoms with van der Waals surface area (Å²) in [6, 6.07) is 20.2. The first-order valence-corrected chi connectivity index (χ1v) is 10.3. The summed E-state index contributed by atoms with van der Waals surface area (Å²) in [7, 11) is 0. The van der Waals surface area contributed by atoms with Crippen LogP contribution in [0.4, 0.5) is 0 Å². The van der Waals surface area contributed by atoms with E-state index in [1.54, 1.807) is 18.2 Å². The lowest BCUT2D eigenvalue weighted by atomic mass is 10.1. The summed E-state index contributed by atoms with van der Waals surface area (Å²) in [5.41, 5.74) is 4.94. The van der Waals surface area contributed by atoms with Gasteiger partial charge >= 0.3 is 0 Å². The standard InChI is InChI=1S/C22H17BrCl2N2O2/c23-18-7-5-15(6-8-18)11-22(28)27-26-13-17-12-19(24)9-10-21(17)29-14-16-3-1-2-4-20(16)25/h1-10,12-13H,11,14H2,(H,27,28)/b26-13-. The van der Waals surface area contributed by atoms with Crippen molar-refractivity contribution >= 4 is 51.3 Å². The highest BCUT2D eigenvalue weighted by molar-refractivity contribution is 9.10. The van der Waals surface area contributed by atoms with Gasteiger partial charge in [-0.05, 0) is 42.0 Å². The number of hydrazone groups is 1. The molecule has 0 saturated carbocycles. The summed E-state index contributed by atoms with van der Waals surface area (Å²) in [5, 5.41) is 5.21. The number of carbonyl (C=O) groups excluding carboxylic acids is 1. The molecule has 0 fully saturated rings. The fourth-order valence-corrected chi connectivity index (χ4v) is 3.16. The van der Waals surface area contributed by atoms with E-state index < -0.39 is 0 Å². The molecule has 0 aliphatic heterocycles. The van der Waals surface area contributed by atoms with Crippen molar-refractivity contribution in [3.63, 3.8) is 0 Å². The molecule has 1 N–H and O–H groups in total. The second-order valence-electron chi connectivity index (χ2n) is 6.16. The first kappa shape index (κ1) is 21.4. The van der Waals surface area contributed by atoms with Crippen molar-refractivity contribution in [3.8, 4) is 5.75 Å². The van der Waals surface area contributed by atoms with E-state index in [-0.39, 0.29) is 12.3 Å². The lowest BCUT2D eigenvalue weighted by molar-refractivity contribution is -0.120. The molecule has 0 aliphatic carbocycles. The summed E-state index contributed by atoms with van der Waals surface area (Å²) in [5.74, 6) is 0.365. The maximum absolute atomic E-state index is 12.1. The van der Waals surface area contributed by atoms with Crippen LogP contribution < -0.4 is 10.2 Å². The number of nitrogens with zero attached hydrogens (tertiary/aromatic N) is 1. The van der Waals surface area contributed by atoms with E-state index in [1.165, 1.54) is 6.21 Å². The lowest BCUT2D eigenvalue weighted by Crippen LogP contribution is -2.19. The molecule has 0 unspecified atom stereocenters. The Labute approximate surface area is 187 Å². The number of ether oxygens (including phenoxy) is 1. The van der Waals surface area contributed by atoms with Crippen LogP contribution in [-0.2, 0) is 17.8 Å². The van der Waals surface area contributed by atoms with Gasteiger partial charge in [-0.25, -0.2) is 5.43 Å². The zero-order valence-corrected chi connectivity index (χ0v) is 18.3. The van der Waals surface area contributed by atoms with Crippen LogP contribution in [-0.4, -0.2) is 12.1 Å². The molecule has 1 amide bonds. The average Bonchev–Trinajstić information content (AvgIpc) is 2.70. The van der Waals surface area contributed by atoms with Gasteiger partial charge in [-0.15, -0.1) is 0 Å². The van der Waals surface area contributed by atoms with Crippen LogP contribution in [0.3, 0.4) is 0 Å². The quantitative estimate of drug-likeness (QED) is 0.324. The third-order valence-electron chi connectivity index (χ3n) is 3.98. The van der Waals surface area contributed by atoms with Gasteiger partial charge in [-0.2, -0.15) is 5.10 Å². The minimum Gasteiger partial charge on any atom is -0.488 e. The van der Waals surface area contributed by atoms with Gasteiger partial charge < -0.3 is 4.74 Å². The fourth-order valence-electron chi connectivity index (χ4n) is 2.52. The lowest BCUT2D eigenvalue weighted by Gasteiger charge is -2.10. The molecule has 0 bridgehead atoms. The number of halogens is 3. The Morgan fingerprint density at radius 2 is 1.83 bits per heavy atom. The molecule has 3 aromatic rings. The van der Waals surface area contributed by atoms with E-state index in [0.717, 1.165) is 15.6 Å². The van der Waals surface area contributed by atoms with Crippen molar-refractivity contribution in [1.82, 2.24) is 5.43 Å². The molecule has 3 rings (SSSR count). The van der Waals surface area contributed by atoms with Gasteiger partial charge in [0.1, 0.15) is 12.4 Å². The Kier molecular flexibility index (Phi) is 7.69. The molecule has 0 radical (unpaired) electrons. The van der Waals surface area contributed by atoms with Gasteiger partial charge in [0, 0.05) is 25.6 Å². The molecule has 148 valence electrons. The predicted octanol–water partition coefficient (Wildman–Crippen LogP) is 6.03. The summed E-state index contributed by atoms with van der Waals surface area (Å²) in [4.78, 5) is 12.1. The molecular weight excluding hydrogens is 475 g/mol. The van der Waals surface area contributed by atoms with E-state index in [0.29, 0.717) is 28.0 Å². The number of benzene rings is 3. The third kappa shape index (κ3) is 6.60. The molecule has 7 heteroatoms. The molecule has 0 heterocycles. The number of hydrogen-bond acceptors (Lipinski definition) is 3. The Morgan fingerprint density at radius 3 is 2.59 bits per heavy atom. The van der Waals surface area contributed by atoms with Crippen LogP contribution in [0, 0.1) is 0 Å². The topological polar surface area (TPSA) is 50.7 Å². The first-order valence-electron chi connectivity index (χ1n) is 8.73. The predicted molar refractivity (Wildman–Crippen MR) is 121 cm³/mol. The number of nitrogens with one attached hydrogen (secondary N) is 1. The normalized spacial score (nSPS) is 10.9. The largest absolute Gasteiger partial charge is 0.488 e. The van der Waals surface area contributed by atoms with Crippen molar-refractivity contribution in [2.24, 2.45) is 5.10 Å². The van der Waals surface area contributed by atoms with Gasteiger partial charge in [0.2, 0.25) is 5.91 Å². The van der Waals surface area contributed by atoms with E-state index in [1.807, 2.05) is 48.5 Å². The van der Waals surface area contributed by atoms with Gasteiger partial charge in [0.25, 0.3) is 0 Å². The van der Waals surface area contributed by atoms with E-state index in [2.05, 4.69) is 26.5 Å². The van der Waals surface area contributed by atoms with Crippen LogP contribution in [0.25, 0.3) is 0 Å². The fraction of sp³-hybridized carbons (Fsp3) is 0.0909. The second-order valence-corrected chi connectivity index (χ2v) is 7.92. The number of hydrogen-bond donors (Lipinski definition) is 1.